The summed E-state index contributed by atoms with van der Waals surface area (Å²) < 4.78 is 5.06. The maximum Gasteiger partial charge on any atom is 0.417 e. The number of benzene rings is 2. The maximum atomic E-state index is 12.5. The summed E-state index contributed by atoms with van der Waals surface area (Å²) >= 11 is 5.92. The van der Waals surface area contributed by atoms with Crippen molar-refractivity contribution in [2.24, 2.45) is 0 Å². The van der Waals surface area contributed by atoms with Crippen LogP contribution in [0.2, 0.25) is 5.02 Å². The predicted molar refractivity (Wildman–Crippen MR) is 82.5 cm³/mol. The molecule has 0 bridgehead atoms. The van der Waals surface area contributed by atoms with Crippen LogP contribution in [-0.2, 0) is 16.0 Å². The van der Waals surface area contributed by atoms with Crippen molar-refractivity contribution in [1.82, 2.24) is 4.90 Å². The molecule has 2 aromatic rings. The number of nitrogens with zero attached hydrogens (tertiary/aromatic N) is 1. The molecular formula is C17H14ClNO3. The minimum absolute atomic E-state index is 0.110. The third-order valence-corrected chi connectivity index (χ3v) is 3.81. The van der Waals surface area contributed by atoms with E-state index in [0.717, 1.165) is 11.1 Å². The van der Waals surface area contributed by atoms with E-state index in [1.54, 1.807) is 18.2 Å². The van der Waals surface area contributed by atoms with Crippen molar-refractivity contribution in [1.29, 1.82) is 0 Å². The fourth-order valence-corrected chi connectivity index (χ4v) is 2.74. The Morgan fingerprint density at radius 1 is 1.18 bits per heavy atom. The van der Waals surface area contributed by atoms with Crippen molar-refractivity contribution in [3.05, 3.63) is 70.7 Å². The number of imide groups is 1. The summed E-state index contributed by atoms with van der Waals surface area (Å²) in [5.74, 6) is -0.293. The van der Waals surface area contributed by atoms with E-state index in [9.17, 15) is 9.59 Å². The minimum Gasteiger partial charge on any atom is -0.446 e. The Kier molecular flexibility index (Phi) is 4.11. The minimum atomic E-state index is -0.596. The molecule has 5 heteroatoms. The molecule has 3 rings (SSSR count). The molecule has 0 aliphatic carbocycles. The van der Waals surface area contributed by atoms with Crippen LogP contribution in [-0.4, -0.2) is 23.5 Å². The summed E-state index contributed by atoms with van der Waals surface area (Å²) in [6.07, 6.45) is -0.486. The van der Waals surface area contributed by atoms with Gasteiger partial charge in [-0.2, -0.15) is 0 Å². The molecule has 1 heterocycles. The van der Waals surface area contributed by atoms with Crippen molar-refractivity contribution in [3.63, 3.8) is 0 Å². The second-order valence-electron chi connectivity index (χ2n) is 5.07. The summed E-state index contributed by atoms with van der Waals surface area (Å²) in [5, 5.41) is 0.564. The Hall–Kier alpha value is -2.33. The van der Waals surface area contributed by atoms with E-state index < -0.39 is 6.09 Å². The highest BCUT2D eigenvalue weighted by Gasteiger charge is 2.38. The van der Waals surface area contributed by atoms with Crippen LogP contribution in [0.25, 0.3) is 0 Å². The van der Waals surface area contributed by atoms with Crippen molar-refractivity contribution in [3.8, 4) is 0 Å². The lowest BCUT2D eigenvalue weighted by Crippen LogP contribution is -2.35. The Morgan fingerprint density at radius 2 is 1.95 bits per heavy atom. The highest BCUT2D eigenvalue weighted by atomic mass is 35.5. The third kappa shape index (κ3) is 2.97. The Bertz CT molecular complexity index is 702. The SMILES string of the molecule is O=C(Cc1cccc(Cl)c1)N1C(=O)OC[C@@H]1c1ccccc1. The second-order valence-corrected chi connectivity index (χ2v) is 5.51. The van der Waals surface area contributed by atoms with Crippen molar-refractivity contribution >= 4 is 23.6 Å². The molecule has 1 aliphatic heterocycles. The number of carbonyl (C=O) groups excluding carboxylic acids is 2. The fourth-order valence-electron chi connectivity index (χ4n) is 2.52. The molecule has 22 heavy (non-hydrogen) atoms. The van der Waals surface area contributed by atoms with Crippen LogP contribution >= 0.6 is 11.6 Å². The number of hydrogen-bond donors (Lipinski definition) is 0. The van der Waals surface area contributed by atoms with Gasteiger partial charge >= 0.3 is 6.09 Å². The summed E-state index contributed by atoms with van der Waals surface area (Å²) in [5.41, 5.74) is 1.65. The summed E-state index contributed by atoms with van der Waals surface area (Å²) in [6, 6.07) is 16.1. The van der Waals surface area contributed by atoms with E-state index in [2.05, 4.69) is 0 Å². The molecule has 1 atom stereocenters. The zero-order chi connectivity index (χ0) is 15.5. The van der Waals surface area contributed by atoms with Gasteiger partial charge in [0.05, 0.1) is 6.42 Å². The van der Waals surface area contributed by atoms with E-state index >= 15 is 0 Å². The van der Waals surface area contributed by atoms with Gasteiger partial charge < -0.3 is 4.74 Å². The number of hydrogen-bond acceptors (Lipinski definition) is 3. The van der Waals surface area contributed by atoms with Gasteiger partial charge in [-0.25, -0.2) is 9.69 Å². The van der Waals surface area contributed by atoms with E-state index in [1.165, 1.54) is 4.90 Å². The second kappa shape index (κ2) is 6.20. The van der Waals surface area contributed by atoms with Crippen LogP contribution in [0.5, 0.6) is 0 Å². The molecule has 0 N–H and O–H groups in total. The number of ether oxygens (including phenoxy) is 1. The number of rotatable bonds is 3. The van der Waals surface area contributed by atoms with E-state index in [-0.39, 0.29) is 25.0 Å². The molecule has 0 aromatic heterocycles. The lowest BCUT2D eigenvalue weighted by molar-refractivity contribution is -0.128. The van der Waals surface area contributed by atoms with E-state index in [4.69, 9.17) is 16.3 Å². The fraction of sp³-hybridized carbons (Fsp3) is 0.176. The number of halogens is 1. The Labute approximate surface area is 133 Å². The molecule has 1 aliphatic rings. The van der Waals surface area contributed by atoms with Crippen LogP contribution in [0.4, 0.5) is 4.79 Å². The molecule has 0 spiro atoms. The van der Waals surface area contributed by atoms with Gasteiger partial charge in [0.15, 0.2) is 0 Å². The highest BCUT2D eigenvalue weighted by molar-refractivity contribution is 6.30. The first-order valence-electron chi connectivity index (χ1n) is 6.93. The van der Waals surface area contributed by atoms with Crippen LogP contribution in [0.3, 0.4) is 0 Å². The lowest BCUT2D eigenvalue weighted by atomic mass is 10.1. The van der Waals surface area contributed by atoms with Gasteiger partial charge in [0.2, 0.25) is 5.91 Å². The van der Waals surface area contributed by atoms with Crippen LogP contribution in [0.15, 0.2) is 54.6 Å². The molecular weight excluding hydrogens is 302 g/mol. The Balaban J connectivity index is 1.81. The van der Waals surface area contributed by atoms with Gasteiger partial charge in [0.25, 0.3) is 0 Å². The average Bonchev–Trinajstić information content (AvgIpc) is 2.90. The first-order valence-corrected chi connectivity index (χ1v) is 7.31. The maximum absolute atomic E-state index is 12.5. The van der Waals surface area contributed by atoms with Gasteiger partial charge in [-0.15, -0.1) is 0 Å². The van der Waals surface area contributed by atoms with Crippen LogP contribution < -0.4 is 0 Å². The van der Waals surface area contributed by atoms with E-state index in [0.29, 0.717) is 5.02 Å². The van der Waals surface area contributed by atoms with E-state index in [1.807, 2.05) is 36.4 Å². The monoisotopic (exact) mass is 315 g/mol. The highest BCUT2D eigenvalue weighted by Crippen LogP contribution is 2.28. The van der Waals surface area contributed by atoms with Gasteiger partial charge in [-0.05, 0) is 23.3 Å². The third-order valence-electron chi connectivity index (χ3n) is 3.57. The normalized spacial score (nSPS) is 17.4. The first kappa shape index (κ1) is 14.6. The standard InChI is InChI=1S/C17H14ClNO3/c18-14-8-4-5-12(9-14)10-16(20)19-15(11-22-17(19)21)13-6-2-1-3-7-13/h1-9,15H,10-11H2/t15-/m1/s1. The molecule has 1 fully saturated rings. The summed E-state index contributed by atoms with van der Waals surface area (Å²) in [4.78, 5) is 25.6. The smallest absolute Gasteiger partial charge is 0.417 e. The lowest BCUT2D eigenvalue weighted by Gasteiger charge is -2.20. The van der Waals surface area contributed by atoms with Crippen molar-refractivity contribution < 1.29 is 14.3 Å². The largest absolute Gasteiger partial charge is 0.446 e. The van der Waals surface area contributed by atoms with Gasteiger partial charge in [-0.3, -0.25) is 4.79 Å². The Morgan fingerprint density at radius 3 is 2.68 bits per heavy atom. The molecule has 0 saturated carbocycles. The molecule has 1 saturated heterocycles. The molecule has 2 aromatic carbocycles. The van der Waals surface area contributed by atoms with Gasteiger partial charge in [0, 0.05) is 5.02 Å². The topological polar surface area (TPSA) is 46.6 Å². The van der Waals surface area contributed by atoms with Crippen LogP contribution in [0, 0.1) is 0 Å². The number of carbonyl (C=O) groups is 2. The predicted octanol–water partition coefficient (Wildman–Crippen LogP) is 3.60. The number of amides is 2. The molecule has 2 amide bonds. The quantitative estimate of drug-likeness (QED) is 0.869. The summed E-state index contributed by atoms with van der Waals surface area (Å²) in [6.45, 7) is 0.185. The van der Waals surface area contributed by atoms with Crippen molar-refractivity contribution in [2.45, 2.75) is 12.5 Å². The zero-order valence-corrected chi connectivity index (χ0v) is 12.5. The zero-order valence-electron chi connectivity index (χ0n) is 11.7. The molecule has 4 nitrogen and oxygen atoms in total. The summed E-state index contributed by atoms with van der Waals surface area (Å²) in [7, 11) is 0. The average molecular weight is 316 g/mol. The van der Waals surface area contributed by atoms with Gasteiger partial charge in [-0.1, -0.05) is 54.1 Å². The number of cyclic esters (lactones) is 1. The molecule has 112 valence electrons. The van der Waals surface area contributed by atoms with Gasteiger partial charge in [0.1, 0.15) is 12.6 Å². The van der Waals surface area contributed by atoms with Crippen LogP contribution in [0.1, 0.15) is 17.2 Å². The van der Waals surface area contributed by atoms with Crippen molar-refractivity contribution in [2.75, 3.05) is 6.61 Å². The molecule has 0 radical (unpaired) electrons. The molecule has 0 unspecified atom stereocenters. The first-order chi connectivity index (χ1) is 10.6.